The first kappa shape index (κ1) is 20.3. The molecule has 10 heteroatoms. The van der Waals surface area contributed by atoms with Crippen molar-refractivity contribution in [3.8, 4) is 0 Å². The van der Waals surface area contributed by atoms with Crippen LogP contribution in [0.1, 0.15) is 36.1 Å². The zero-order valence-electron chi connectivity index (χ0n) is 18.3. The number of nitrogens with one attached hydrogen (secondary N) is 2. The molecular formula is C23H25F2N7O. The summed E-state index contributed by atoms with van der Waals surface area (Å²) in [4.78, 5) is 25.8. The summed E-state index contributed by atoms with van der Waals surface area (Å²) in [6.45, 7) is 5.08. The Morgan fingerprint density at radius 3 is 2.91 bits per heavy atom. The molecule has 172 valence electrons. The van der Waals surface area contributed by atoms with Gasteiger partial charge >= 0.3 is 6.03 Å². The summed E-state index contributed by atoms with van der Waals surface area (Å²) in [6, 6.07) is 2.95. The number of pyridine rings is 2. The molecule has 3 aromatic rings. The number of nitrogens with zero attached hydrogens (tertiary/aromatic N) is 5. The molecule has 8 nitrogen and oxygen atoms in total. The Balaban J connectivity index is 1.27. The van der Waals surface area contributed by atoms with Crippen LogP contribution in [0.2, 0.25) is 0 Å². The second-order valence-corrected chi connectivity index (χ2v) is 9.19. The Hall–Kier alpha value is -3.27. The fourth-order valence-corrected chi connectivity index (χ4v) is 5.08. The van der Waals surface area contributed by atoms with Crippen molar-refractivity contribution < 1.29 is 13.6 Å². The number of urea groups is 1. The number of fused-ring (bicyclic) bond motifs is 2. The van der Waals surface area contributed by atoms with Gasteiger partial charge in [-0.15, -0.1) is 0 Å². The van der Waals surface area contributed by atoms with Crippen molar-refractivity contribution in [2.45, 2.75) is 38.2 Å². The lowest BCUT2D eigenvalue weighted by atomic mass is 10.1. The van der Waals surface area contributed by atoms with Crippen LogP contribution in [0.15, 0.2) is 30.7 Å². The topological polar surface area (TPSA) is 77.8 Å². The number of carbonyl (C=O) groups excluding carboxylic acids is 1. The Labute approximate surface area is 189 Å². The van der Waals surface area contributed by atoms with Crippen molar-refractivity contribution in [1.82, 2.24) is 19.7 Å². The van der Waals surface area contributed by atoms with Crippen LogP contribution < -0.4 is 20.4 Å². The Kier molecular flexibility index (Phi) is 4.55. The molecule has 2 N–H and O–H groups in total. The molecule has 1 saturated heterocycles. The number of anilines is 3. The zero-order chi connectivity index (χ0) is 22.7. The molecule has 3 aromatic heterocycles. The van der Waals surface area contributed by atoms with E-state index in [2.05, 4.69) is 25.5 Å². The second-order valence-electron chi connectivity index (χ2n) is 9.19. The summed E-state index contributed by atoms with van der Waals surface area (Å²) in [5, 5.41) is 6.41. The van der Waals surface area contributed by atoms with Crippen molar-refractivity contribution in [3.05, 3.63) is 47.5 Å². The molecule has 5 heterocycles. The number of halogens is 2. The lowest BCUT2D eigenvalue weighted by molar-refractivity contribution is 0.152. The Bertz CT molecular complexity index is 1250. The lowest BCUT2D eigenvalue weighted by Gasteiger charge is -2.36. The molecule has 1 aliphatic carbocycles. The van der Waals surface area contributed by atoms with Gasteiger partial charge in [0.1, 0.15) is 11.5 Å². The normalized spacial score (nSPS) is 18.9. The van der Waals surface area contributed by atoms with E-state index in [4.69, 9.17) is 0 Å². The summed E-state index contributed by atoms with van der Waals surface area (Å²) in [6.07, 6.45) is 5.43. The third kappa shape index (κ3) is 3.49. The average molecular weight is 453 g/mol. The van der Waals surface area contributed by atoms with Crippen molar-refractivity contribution in [1.29, 1.82) is 0 Å². The van der Waals surface area contributed by atoms with Gasteiger partial charge in [0, 0.05) is 61.6 Å². The van der Waals surface area contributed by atoms with Gasteiger partial charge in [-0.2, -0.15) is 0 Å². The molecule has 0 unspecified atom stereocenters. The summed E-state index contributed by atoms with van der Waals surface area (Å²) >= 11 is 0. The van der Waals surface area contributed by atoms with E-state index < -0.39 is 6.43 Å². The number of imidazole rings is 1. The van der Waals surface area contributed by atoms with Crippen molar-refractivity contribution >= 4 is 28.9 Å². The minimum atomic E-state index is -2.70. The number of hydrogen-bond acceptors (Lipinski definition) is 5. The van der Waals surface area contributed by atoms with Crippen LogP contribution in [0.5, 0.6) is 0 Å². The molecule has 3 aliphatic rings. The summed E-state index contributed by atoms with van der Waals surface area (Å²) < 4.78 is 28.7. The van der Waals surface area contributed by atoms with E-state index >= 15 is 0 Å². The van der Waals surface area contributed by atoms with Gasteiger partial charge in [-0.05, 0) is 38.3 Å². The predicted octanol–water partition coefficient (Wildman–Crippen LogP) is 3.51. The molecule has 6 rings (SSSR count). The van der Waals surface area contributed by atoms with Crippen LogP contribution in [0.25, 0.3) is 5.65 Å². The predicted molar refractivity (Wildman–Crippen MR) is 121 cm³/mol. The second kappa shape index (κ2) is 7.38. The zero-order valence-corrected chi connectivity index (χ0v) is 18.3. The first-order chi connectivity index (χ1) is 15.9. The monoisotopic (exact) mass is 453 g/mol. The number of hydrogen-bond donors (Lipinski definition) is 2. The van der Waals surface area contributed by atoms with E-state index in [9.17, 15) is 13.6 Å². The molecule has 0 radical (unpaired) electrons. The first-order valence-electron chi connectivity index (χ1n) is 11.3. The number of aryl methyl sites for hydroxylation is 1. The first-order valence-corrected chi connectivity index (χ1v) is 11.3. The highest BCUT2D eigenvalue weighted by Crippen LogP contribution is 2.41. The molecule has 0 atom stereocenters. The van der Waals surface area contributed by atoms with Gasteiger partial charge in [0.05, 0.1) is 16.9 Å². The summed E-state index contributed by atoms with van der Waals surface area (Å²) in [5.74, 6) is 0.641. The number of alkyl halides is 2. The molecule has 0 aromatic carbocycles. The maximum absolute atomic E-state index is 13.6. The van der Waals surface area contributed by atoms with E-state index in [1.165, 1.54) is 23.3 Å². The molecule has 2 aliphatic heterocycles. The number of rotatable bonds is 3. The van der Waals surface area contributed by atoms with Crippen LogP contribution in [0.3, 0.4) is 0 Å². The highest BCUT2D eigenvalue weighted by Gasteiger charge is 2.46. The third-order valence-corrected chi connectivity index (χ3v) is 6.85. The van der Waals surface area contributed by atoms with Crippen molar-refractivity contribution in [3.63, 3.8) is 0 Å². The highest BCUT2D eigenvalue weighted by atomic mass is 19.3. The van der Waals surface area contributed by atoms with Gasteiger partial charge in [-0.25, -0.2) is 23.5 Å². The van der Waals surface area contributed by atoms with Crippen LogP contribution in [0, 0.1) is 6.92 Å². The molecule has 2 fully saturated rings. The molecule has 33 heavy (non-hydrogen) atoms. The van der Waals surface area contributed by atoms with E-state index in [0.29, 0.717) is 30.2 Å². The molecular weight excluding hydrogens is 428 g/mol. The number of aromatic nitrogens is 3. The summed E-state index contributed by atoms with van der Waals surface area (Å²) in [7, 11) is 0. The molecule has 1 saturated carbocycles. The van der Waals surface area contributed by atoms with Gasteiger partial charge in [0.15, 0.2) is 0 Å². The highest BCUT2D eigenvalue weighted by molar-refractivity contribution is 6.03. The number of carbonyl (C=O) groups is 1. The minimum Gasteiger partial charge on any atom is -0.368 e. The molecule has 1 spiro atoms. The standard InChI is InChI=1S/C23H25F2N7O/c1-14-11-31-12-15(10-17(19(24)25)21(31)28-14)29-22(33)32-8-3-16-18(2-6-26-20(16)32)30-9-7-27-23(13-30)4-5-23/h2,6,10-12,19,27H,3-5,7-9,13H2,1H3,(H,29,33). The average Bonchev–Trinajstić information content (AvgIpc) is 3.21. The van der Waals surface area contributed by atoms with Gasteiger partial charge < -0.3 is 19.9 Å². The quantitative estimate of drug-likeness (QED) is 0.635. The number of amides is 2. The Morgan fingerprint density at radius 1 is 1.27 bits per heavy atom. The lowest BCUT2D eigenvalue weighted by Crippen LogP contribution is -2.52. The van der Waals surface area contributed by atoms with Crippen LogP contribution in [0.4, 0.5) is 30.8 Å². The maximum atomic E-state index is 13.6. The van der Waals surface area contributed by atoms with Crippen LogP contribution in [-0.4, -0.2) is 52.1 Å². The fraction of sp³-hybridized carbons (Fsp3) is 0.435. The number of piperazine rings is 1. The largest absolute Gasteiger partial charge is 0.368 e. The minimum absolute atomic E-state index is 0.197. The van der Waals surface area contributed by atoms with Gasteiger partial charge in [-0.3, -0.25) is 4.90 Å². The van der Waals surface area contributed by atoms with E-state index in [0.717, 1.165) is 30.9 Å². The van der Waals surface area contributed by atoms with E-state index in [1.807, 2.05) is 6.07 Å². The smallest absolute Gasteiger partial charge is 0.327 e. The third-order valence-electron chi connectivity index (χ3n) is 6.85. The van der Waals surface area contributed by atoms with Crippen LogP contribution >= 0.6 is 0 Å². The molecule has 2 amide bonds. The Morgan fingerprint density at radius 2 is 2.12 bits per heavy atom. The van der Waals surface area contributed by atoms with Gasteiger partial charge in [-0.1, -0.05) is 0 Å². The van der Waals surface area contributed by atoms with E-state index in [1.54, 1.807) is 30.4 Å². The summed E-state index contributed by atoms with van der Waals surface area (Å²) in [5.41, 5.74) is 3.36. The SMILES string of the molecule is Cc1cn2cc(NC(=O)N3CCc4c(N5CCNC6(CC6)C5)ccnc43)cc(C(F)F)c2n1. The van der Waals surface area contributed by atoms with E-state index in [-0.39, 0.29) is 22.8 Å². The van der Waals surface area contributed by atoms with Crippen molar-refractivity contribution in [2.24, 2.45) is 0 Å². The maximum Gasteiger partial charge on any atom is 0.327 e. The van der Waals surface area contributed by atoms with Gasteiger partial charge in [0.25, 0.3) is 6.43 Å². The van der Waals surface area contributed by atoms with Gasteiger partial charge in [0.2, 0.25) is 0 Å². The van der Waals surface area contributed by atoms with Crippen LogP contribution in [-0.2, 0) is 6.42 Å². The fourth-order valence-electron chi connectivity index (χ4n) is 5.08. The van der Waals surface area contributed by atoms with Crippen molar-refractivity contribution in [2.75, 3.05) is 41.3 Å². The molecule has 0 bridgehead atoms.